The Morgan fingerprint density at radius 2 is 1.51 bits per heavy atom. The Hall–Kier alpha value is -4.82. The van der Waals surface area contributed by atoms with Gasteiger partial charge in [-0.3, -0.25) is 14.4 Å². The monoisotopic (exact) mass is 565 g/mol. The zero-order valence-corrected chi connectivity index (χ0v) is 23.9. The lowest BCUT2D eigenvalue weighted by atomic mass is 10.1. The molecule has 3 N–H and O–H groups in total. The molecule has 3 amide bonds. The molecule has 0 aliphatic rings. The highest BCUT2D eigenvalue weighted by molar-refractivity contribution is 8.00. The summed E-state index contributed by atoms with van der Waals surface area (Å²) in [5.74, 6) is -0.107. The van der Waals surface area contributed by atoms with Crippen LogP contribution in [-0.4, -0.2) is 30.6 Å². The van der Waals surface area contributed by atoms with Gasteiger partial charge in [0.15, 0.2) is 0 Å². The number of aryl methyl sites for hydroxylation is 2. The number of rotatable bonds is 10. The van der Waals surface area contributed by atoms with Gasteiger partial charge in [0.2, 0.25) is 5.91 Å². The summed E-state index contributed by atoms with van der Waals surface area (Å²) in [5, 5.41) is 8.49. The minimum absolute atomic E-state index is 0.0774. The largest absolute Gasteiger partial charge is 0.497 e. The van der Waals surface area contributed by atoms with Gasteiger partial charge in [-0.2, -0.15) is 0 Å². The lowest BCUT2D eigenvalue weighted by molar-refractivity contribution is -0.114. The highest BCUT2D eigenvalue weighted by Crippen LogP contribution is 2.22. The SMILES string of the molecule is COc1cccc(/C=C(\NC(=O)c2ccccc2)C(=O)Nc2ccc(SCC(=O)Nc3ccc(C)c(C)c3)cc2)c1. The molecular formula is C33H31N3O4S. The first-order valence-corrected chi connectivity index (χ1v) is 13.9. The first kappa shape index (κ1) is 29.2. The number of carbonyl (C=O) groups is 3. The summed E-state index contributed by atoms with van der Waals surface area (Å²) in [6.45, 7) is 4.04. The quantitative estimate of drug-likeness (QED) is 0.152. The lowest BCUT2D eigenvalue weighted by Gasteiger charge is -2.12. The Morgan fingerprint density at radius 3 is 2.22 bits per heavy atom. The maximum Gasteiger partial charge on any atom is 0.272 e. The van der Waals surface area contributed by atoms with Crippen molar-refractivity contribution in [2.24, 2.45) is 0 Å². The van der Waals surface area contributed by atoms with Crippen LogP contribution in [0.15, 0.2) is 108 Å². The molecule has 4 aromatic carbocycles. The van der Waals surface area contributed by atoms with Crippen molar-refractivity contribution in [3.05, 3.63) is 125 Å². The Balaban J connectivity index is 1.41. The van der Waals surface area contributed by atoms with E-state index in [0.29, 0.717) is 22.6 Å². The molecule has 0 fully saturated rings. The third kappa shape index (κ3) is 8.58. The molecule has 208 valence electrons. The second-order valence-electron chi connectivity index (χ2n) is 9.27. The number of carbonyl (C=O) groups excluding carboxylic acids is 3. The van der Waals surface area contributed by atoms with E-state index in [-0.39, 0.29) is 17.4 Å². The van der Waals surface area contributed by atoms with Crippen LogP contribution >= 0.6 is 11.8 Å². The van der Waals surface area contributed by atoms with Crippen LogP contribution in [0, 0.1) is 13.8 Å². The predicted octanol–water partition coefficient (Wildman–Crippen LogP) is 6.45. The summed E-state index contributed by atoms with van der Waals surface area (Å²) in [4.78, 5) is 39.4. The van der Waals surface area contributed by atoms with Gasteiger partial charge in [-0.05, 0) is 97.3 Å². The summed E-state index contributed by atoms with van der Waals surface area (Å²) >= 11 is 1.40. The fourth-order valence-electron chi connectivity index (χ4n) is 3.84. The number of hydrogen-bond acceptors (Lipinski definition) is 5. The topological polar surface area (TPSA) is 96.5 Å². The average molecular weight is 566 g/mol. The van der Waals surface area contributed by atoms with E-state index >= 15 is 0 Å². The summed E-state index contributed by atoms with van der Waals surface area (Å²) in [5.41, 5.74) is 4.81. The smallest absolute Gasteiger partial charge is 0.272 e. The maximum absolute atomic E-state index is 13.3. The van der Waals surface area contributed by atoms with E-state index in [1.165, 1.54) is 17.3 Å². The van der Waals surface area contributed by atoms with Crippen molar-refractivity contribution < 1.29 is 19.1 Å². The van der Waals surface area contributed by atoms with Gasteiger partial charge in [-0.15, -0.1) is 11.8 Å². The number of ether oxygens (including phenoxy) is 1. The molecule has 0 aliphatic carbocycles. The van der Waals surface area contributed by atoms with Crippen molar-refractivity contribution in [3.63, 3.8) is 0 Å². The summed E-state index contributed by atoms with van der Waals surface area (Å²) in [6.07, 6.45) is 1.59. The van der Waals surface area contributed by atoms with Crippen LogP contribution in [0.5, 0.6) is 5.75 Å². The highest BCUT2D eigenvalue weighted by Gasteiger charge is 2.15. The van der Waals surface area contributed by atoms with Gasteiger partial charge in [0.1, 0.15) is 11.4 Å². The van der Waals surface area contributed by atoms with Gasteiger partial charge < -0.3 is 20.7 Å². The van der Waals surface area contributed by atoms with E-state index < -0.39 is 11.8 Å². The fourth-order valence-corrected chi connectivity index (χ4v) is 4.54. The molecule has 0 aliphatic heterocycles. The summed E-state index contributed by atoms with van der Waals surface area (Å²) in [6, 6.07) is 28.9. The van der Waals surface area contributed by atoms with Crippen LogP contribution in [-0.2, 0) is 9.59 Å². The van der Waals surface area contributed by atoms with Crippen molar-refractivity contribution in [1.82, 2.24) is 5.32 Å². The van der Waals surface area contributed by atoms with E-state index in [4.69, 9.17) is 4.74 Å². The first-order chi connectivity index (χ1) is 19.8. The van der Waals surface area contributed by atoms with Gasteiger partial charge in [0, 0.05) is 21.8 Å². The minimum Gasteiger partial charge on any atom is -0.497 e. The molecule has 0 saturated carbocycles. The van der Waals surface area contributed by atoms with E-state index in [1.54, 1.807) is 67.8 Å². The van der Waals surface area contributed by atoms with Crippen molar-refractivity contribution in [1.29, 1.82) is 0 Å². The second-order valence-corrected chi connectivity index (χ2v) is 10.3. The summed E-state index contributed by atoms with van der Waals surface area (Å²) < 4.78 is 5.28. The number of hydrogen-bond donors (Lipinski definition) is 3. The number of nitrogens with one attached hydrogen (secondary N) is 3. The molecule has 0 aromatic heterocycles. The van der Waals surface area contributed by atoms with Gasteiger partial charge >= 0.3 is 0 Å². The van der Waals surface area contributed by atoms with Crippen LogP contribution in [0.1, 0.15) is 27.0 Å². The number of benzene rings is 4. The Bertz CT molecular complexity index is 1570. The molecule has 4 rings (SSSR count). The summed E-state index contributed by atoms with van der Waals surface area (Å²) in [7, 11) is 1.56. The molecule has 8 heteroatoms. The number of methoxy groups -OCH3 is 1. The molecule has 0 unspecified atom stereocenters. The fraction of sp³-hybridized carbons (Fsp3) is 0.121. The third-order valence-electron chi connectivity index (χ3n) is 6.21. The molecule has 7 nitrogen and oxygen atoms in total. The predicted molar refractivity (Wildman–Crippen MR) is 165 cm³/mol. The van der Waals surface area contributed by atoms with Crippen LogP contribution in [0.4, 0.5) is 11.4 Å². The molecule has 0 heterocycles. The maximum atomic E-state index is 13.3. The zero-order valence-electron chi connectivity index (χ0n) is 23.1. The van der Waals surface area contributed by atoms with Crippen molar-refractivity contribution in [2.45, 2.75) is 18.7 Å². The van der Waals surface area contributed by atoms with E-state index in [1.807, 2.05) is 56.3 Å². The van der Waals surface area contributed by atoms with Crippen LogP contribution in [0.25, 0.3) is 6.08 Å². The number of thioether (sulfide) groups is 1. The lowest BCUT2D eigenvalue weighted by Crippen LogP contribution is -2.30. The van der Waals surface area contributed by atoms with Gasteiger partial charge in [-0.1, -0.05) is 36.4 Å². The van der Waals surface area contributed by atoms with Gasteiger partial charge in [0.05, 0.1) is 12.9 Å². The van der Waals surface area contributed by atoms with Gasteiger partial charge in [0.25, 0.3) is 11.8 Å². The number of anilines is 2. The Morgan fingerprint density at radius 1 is 0.780 bits per heavy atom. The number of amides is 3. The van der Waals surface area contributed by atoms with Crippen LogP contribution in [0.3, 0.4) is 0 Å². The van der Waals surface area contributed by atoms with Crippen molar-refractivity contribution >= 4 is 46.9 Å². The minimum atomic E-state index is -0.481. The molecule has 41 heavy (non-hydrogen) atoms. The molecule has 0 saturated heterocycles. The average Bonchev–Trinajstić information content (AvgIpc) is 2.99. The van der Waals surface area contributed by atoms with E-state index in [9.17, 15) is 14.4 Å². The highest BCUT2D eigenvalue weighted by atomic mass is 32.2. The molecule has 0 radical (unpaired) electrons. The Labute approximate surface area is 244 Å². The Kier molecular flexibility index (Phi) is 9.96. The first-order valence-electron chi connectivity index (χ1n) is 12.9. The normalized spacial score (nSPS) is 11.0. The van der Waals surface area contributed by atoms with E-state index in [0.717, 1.165) is 16.1 Å². The molecule has 0 spiro atoms. The van der Waals surface area contributed by atoms with Crippen molar-refractivity contribution in [3.8, 4) is 5.75 Å². The van der Waals surface area contributed by atoms with E-state index in [2.05, 4.69) is 16.0 Å². The zero-order chi connectivity index (χ0) is 29.2. The second kappa shape index (κ2) is 14.0. The van der Waals surface area contributed by atoms with Crippen LogP contribution < -0.4 is 20.7 Å². The molecule has 4 aromatic rings. The standard InChI is InChI=1S/C33H31N3O4S/c1-22-12-13-27(18-23(22)2)34-31(37)21-41-29-16-14-26(15-17-29)35-33(39)30(20-24-8-7-11-28(19-24)40-3)36-32(38)25-9-5-4-6-10-25/h4-20H,21H2,1-3H3,(H,34,37)(H,35,39)(H,36,38)/b30-20-. The van der Waals surface area contributed by atoms with Crippen molar-refractivity contribution in [2.75, 3.05) is 23.5 Å². The molecular weight excluding hydrogens is 534 g/mol. The van der Waals surface area contributed by atoms with Gasteiger partial charge in [-0.25, -0.2) is 0 Å². The molecule has 0 atom stereocenters. The third-order valence-corrected chi connectivity index (χ3v) is 7.22. The van der Waals surface area contributed by atoms with Crippen LogP contribution in [0.2, 0.25) is 0 Å². The molecule has 0 bridgehead atoms.